The molecule has 0 bridgehead atoms. The van der Waals surface area contributed by atoms with Crippen molar-refractivity contribution in [2.75, 3.05) is 6.61 Å². The van der Waals surface area contributed by atoms with Crippen LogP contribution in [-0.4, -0.2) is 22.7 Å². The molecule has 2 heterocycles. The van der Waals surface area contributed by atoms with Gasteiger partial charge in [0, 0.05) is 24.7 Å². The Kier molecular flexibility index (Phi) is 3.92. The molecule has 1 aromatic carbocycles. The summed E-state index contributed by atoms with van der Waals surface area (Å²) in [5.74, 6) is 0.711. The van der Waals surface area contributed by atoms with Gasteiger partial charge in [-0.15, -0.1) is 0 Å². The molecule has 1 aliphatic heterocycles. The zero-order valence-corrected chi connectivity index (χ0v) is 11.3. The van der Waals surface area contributed by atoms with E-state index in [-0.39, 0.29) is 11.7 Å². The van der Waals surface area contributed by atoms with Gasteiger partial charge in [0.15, 0.2) is 0 Å². The smallest absolute Gasteiger partial charge is 0.251 e. The Bertz CT molecular complexity index is 616. The van der Waals surface area contributed by atoms with Crippen molar-refractivity contribution in [2.45, 2.75) is 31.8 Å². The molecule has 0 saturated carbocycles. The number of aromatic nitrogens is 2. The molecule has 3 rings (SSSR count). The molecule has 20 heavy (non-hydrogen) atoms. The highest BCUT2D eigenvalue weighted by Crippen LogP contribution is 2.18. The lowest BCUT2D eigenvalue weighted by Gasteiger charge is -2.22. The van der Waals surface area contributed by atoms with E-state index in [0.717, 1.165) is 30.7 Å². The molecule has 1 aliphatic rings. The highest BCUT2D eigenvalue weighted by atomic mass is 16.5. The molecule has 0 aliphatic carbocycles. The molecule has 0 amide bonds. The number of aromatic amines is 1. The summed E-state index contributed by atoms with van der Waals surface area (Å²) in [6, 6.07) is 11.3. The maximum absolute atomic E-state index is 11.8. The van der Waals surface area contributed by atoms with Gasteiger partial charge in [0.25, 0.3) is 5.56 Å². The third kappa shape index (κ3) is 3.14. The maximum Gasteiger partial charge on any atom is 0.251 e. The topological polar surface area (TPSA) is 55.0 Å². The summed E-state index contributed by atoms with van der Waals surface area (Å²) in [5.41, 5.74) is 1.58. The van der Waals surface area contributed by atoms with Crippen molar-refractivity contribution < 1.29 is 4.74 Å². The van der Waals surface area contributed by atoms with Gasteiger partial charge in [-0.2, -0.15) is 0 Å². The Balaban J connectivity index is 1.85. The summed E-state index contributed by atoms with van der Waals surface area (Å²) in [6.45, 7) is 0.813. The van der Waals surface area contributed by atoms with Crippen molar-refractivity contribution in [1.82, 2.24) is 9.97 Å². The van der Waals surface area contributed by atoms with Gasteiger partial charge in [-0.3, -0.25) is 4.79 Å². The van der Waals surface area contributed by atoms with Crippen LogP contribution in [0, 0.1) is 0 Å². The SMILES string of the molecule is O=c1cc(-c2ccccc2)nc(CC2CCCCO2)[nH]1. The molecule has 104 valence electrons. The summed E-state index contributed by atoms with van der Waals surface area (Å²) in [7, 11) is 0. The summed E-state index contributed by atoms with van der Waals surface area (Å²) in [5, 5.41) is 0. The van der Waals surface area contributed by atoms with Crippen LogP contribution in [0.15, 0.2) is 41.2 Å². The molecular formula is C16H18N2O2. The number of hydrogen-bond donors (Lipinski definition) is 1. The van der Waals surface area contributed by atoms with Crippen LogP contribution in [0.5, 0.6) is 0 Å². The Morgan fingerprint density at radius 3 is 2.85 bits per heavy atom. The molecule has 1 atom stereocenters. The molecule has 1 unspecified atom stereocenters. The lowest BCUT2D eigenvalue weighted by molar-refractivity contribution is 0.0156. The van der Waals surface area contributed by atoms with E-state index in [2.05, 4.69) is 9.97 Å². The molecule has 1 aromatic heterocycles. The van der Waals surface area contributed by atoms with Crippen molar-refractivity contribution in [2.24, 2.45) is 0 Å². The van der Waals surface area contributed by atoms with Crippen molar-refractivity contribution in [3.63, 3.8) is 0 Å². The number of benzene rings is 1. The van der Waals surface area contributed by atoms with Crippen LogP contribution in [0.3, 0.4) is 0 Å². The summed E-state index contributed by atoms with van der Waals surface area (Å²) < 4.78 is 5.71. The van der Waals surface area contributed by atoms with E-state index in [1.165, 1.54) is 6.42 Å². The Hall–Kier alpha value is -1.94. The van der Waals surface area contributed by atoms with Gasteiger partial charge < -0.3 is 9.72 Å². The summed E-state index contributed by atoms with van der Waals surface area (Å²) in [4.78, 5) is 19.2. The lowest BCUT2D eigenvalue weighted by Crippen LogP contribution is -2.24. The van der Waals surface area contributed by atoms with Gasteiger partial charge in [0.05, 0.1) is 11.8 Å². The minimum atomic E-state index is -0.107. The first-order chi connectivity index (χ1) is 9.81. The second-order valence-corrected chi connectivity index (χ2v) is 5.14. The van der Waals surface area contributed by atoms with E-state index in [4.69, 9.17) is 4.74 Å². The average Bonchev–Trinajstić information content (AvgIpc) is 2.49. The third-order valence-electron chi connectivity index (χ3n) is 3.56. The molecule has 0 spiro atoms. The molecular weight excluding hydrogens is 252 g/mol. The van der Waals surface area contributed by atoms with Crippen molar-refractivity contribution in [3.05, 3.63) is 52.6 Å². The zero-order chi connectivity index (χ0) is 13.8. The largest absolute Gasteiger partial charge is 0.378 e. The van der Waals surface area contributed by atoms with E-state index < -0.39 is 0 Å². The van der Waals surface area contributed by atoms with Crippen molar-refractivity contribution >= 4 is 0 Å². The third-order valence-corrected chi connectivity index (χ3v) is 3.56. The number of nitrogens with zero attached hydrogens (tertiary/aromatic N) is 1. The van der Waals surface area contributed by atoms with Crippen LogP contribution >= 0.6 is 0 Å². The standard InChI is InChI=1S/C16H18N2O2/c19-16-11-14(12-6-2-1-3-7-12)17-15(18-16)10-13-8-4-5-9-20-13/h1-3,6-7,11,13H,4-5,8-10H2,(H,17,18,19). The Labute approximate surface area is 117 Å². The number of nitrogens with one attached hydrogen (secondary N) is 1. The lowest BCUT2D eigenvalue weighted by atomic mass is 10.1. The van der Waals surface area contributed by atoms with Crippen molar-refractivity contribution in [3.8, 4) is 11.3 Å². The first-order valence-electron chi connectivity index (χ1n) is 7.08. The van der Waals surface area contributed by atoms with Crippen molar-refractivity contribution in [1.29, 1.82) is 0 Å². The van der Waals surface area contributed by atoms with E-state index in [1.807, 2.05) is 30.3 Å². The molecule has 4 heteroatoms. The number of hydrogen-bond acceptors (Lipinski definition) is 3. The van der Waals surface area contributed by atoms with Gasteiger partial charge in [0.1, 0.15) is 5.82 Å². The average molecular weight is 270 g/mol. The van der Waals surface area contributed by atoms with Crippen LogP contribution < -0.4 is 5.56 Å². The van der Waals surface area contributed by atoms with Crippen LogP contribution in [0.25, 0.3) is 11.3 Å². The second-order valence-electron chi connectivity index (χ2n) is 5.14. The van der Waals surface area contributed by atoms with Crippen LogP contribution in [0.1, 0.15) is 25.1 Å². The number of rotatable bonds is 3. The number of ether oxygens (including phenoxy) is 1. The van der Waals surface area contributed by atoms with E-state index in [1.54, 1.807) is 6.07 Å². The molecule has 0 radical (unpaired) electrons. The Morgan fingerprint density at radius 2 is 2.10 bits per heavy atom. The zero-order valence-electron chi connectivity index (χ0n) is 11.3. The highest BCUT2D eigenvalue weighted by molar-refractivity contribution is 5.58. The number of H-pyrrole nitrogens is 1. The summed E-state index contributed by atoms with van der Waals surface area (Å²) in [6.07, 6.45) is 4.21. The van der Waals surface area contributed by atoms with Crippen LogP contribution in [-0.2, 0) is 11.2 Å². The fraction of sp³-hybridized carbons (Fsp3) is 0.375. The molecule has 1 saturated heterocycles. The molecule has 4 nitrogen and oxygen atoms in total. The molecule has 1 N–H and O–H groups in total. The van der Waals surface area contributed by atoms with E-state index >= 15 is 0 Å². The molecule has 1 fully saturated rings. The first-order valence-corrected chi connectivity index (χ1v) is 7.08. The van der Waals surface area contributed by atoms with Gasteiger partial charge >= 0.3 is 0 Å². The van der Waals surface area contributed by atoms with Crippen LogP contribution in [0.2, 0.25) is 0 Å². The summed E-state index contributed by atoms with van der Waals surface area (Å²) >= 11 is 0. The predicted molar refractivity (Wildman–Crippen MR) is 77.6 cm³/mol. The van der Waals surface area contributed by atoms with E-state index in [9.17, 15) is 4.79 Å². The first kappa shape index (κ1) is 13.1. The second kappa shape index (κ2) is 6.01. The minimum Gasteiger partial charge on any atom is -0.378 e. The van der Waals surface area contributed by atoms with Gasteiger partial charge in [-0.05, 0) is 19.3 Å². The quantitative estimate of drug-likeness (QED) is 0.932. The maximum atomic E-state index is 11.8. The van der Waals surface area contributed by atoms with Crippen LogP contribution in [0.4, 0.5) is 0 Å². The monoisotopic (exact) mass is 270 g/mol. The molecule has 2 aromatic rings. The van der Waals surface area contributed by atoms with Gasteiger partial charge in [-0.25, -0.2) is 4.98 Å². The fourth-order valence-electron chi connectivity index (χ4n) is 2.55. The highest BCUT2D eigenvalue weighted by Gasteiger charge is 2.16. The van der Waals surface area contributed by atoms with Gasteiger partial charge in [0.2, 0.25) is 0 Å². The Morgan fingerprint density at radius 1 is 1.25 bits per heavy atom. The fourth-order valence-corrected chi connectivity index (χ4v) is 2.55. The predicted octanol–water partition coefficient (Wildman–Crippen LogP) is 2.55. The normalized spacial score (nSPS) is 18.9. The van der Waals surface area contributed by atoms with Gasteiger partial charge in [-0.1, -0.05) is 30.3 Å². The van der Waals surface area contributed by atoms with E-state index in [0.29, 0.717) is 12.2 Å². The minimum absolute atomic E-state index is 0.107.